The number of rotatable bonds is 6. The molecule has 1 aliphatic rings. The van der Waals surface area contributed by atoms with Gasteiger partial charge in [-0.2, -0.15) is 0 Å². The van der Waals surface area contributed by atoms with Gasteiger partial charge in [-0.05, 0) is 50.1 Å². The minimum atomic E-state index is 0.509. The highest BCUT2D eigenvalue weighted by Crippen LogP contribution is 2.37. The minimum absolute atomic E-state index is 0.509. The molecule has 1 aromatic heterocycles. The van der Waals surface area contributed by atoms with Gasteiger partial charge >= 0.3 is 0 Å². The number of hydrogen-bond acceptors (Lipinski definition) is 2. The van der Waals surface area contributed by atoms with Crippen molar-refractivity contribution in [3.05, 3.63) is 22.4 Å². The zero-order chi connectivity index (χ0) is 14.4. The topological polar surface area (TPSA) is 3.24 Å². The van der Waals surface area contributed by atoms with Crippen molar-refractivity contribution in [2.75, 3.05) is 18.9 Å². The molecule has 2 rings (SSSR count). The van der Waals surface area contributed by atoms with E-state index in [1.807, 2.05) is 11.3 Å². The smallest absolute Gasteiger partial charge is 0.0112 e. The van der Waals surface area contributed by atoms with Crippen LogP contribution in [0, 0.1) is 5.41 Å². The second kappa shape index (κ2) is 7.95. The van der Waals surface area contributed by atoms with Crippen LogP contribution in [0.15, 0.2) is 17.5 Å². The summed E-state index contributed by atoms with van der Waals surface area (Å²) in [6.45, 7) is 3.61. The van der Waals surface area contributed by atoms with Gasteiger partial charge in [-0.3, -0.25) is 0 Å². The third kappa shape index (κ3) is 4.57. The number of likely N-dealkylation sites (N-methyl/N-ethyl adjacent to an activating group) is 1. The van der Waals surface area contributed by atoms with Crippen molar-refractivity contribution in [1.29, 1.82) is 0 Å². The first-order valence-electron chi connectivity index (χ1n) is 7.94. The van der Waals surface area contributed by atoms with Crippen molar-refractivity contribution < 1.29 is 0 Å². The summed E-state index contributed by atoms with van der Waals surface area (Å²) >= 11 is 5.70. The predicted molar refractivity (Wildman–Crippen MR) is 94.0 cm³/mol. The lowest BCUT2D eigenvalue weighted by Crippen LogP contribution is -2.41. The molecule has 0 bridgehead atoms. The van der Waals surface area contributed by atoms with Gasteiger partial charge in [-0.15, -0.1) is 11.3 Å². The van der Waals surface area contributed by atoms with Crippen LogP contribution in [0.1, 0.15) is 50.3 Å². The predicted octanol–water partition coefficient (Wildman–Crippen LogP) is 5.35. The Balaban J connectivity index is 1.91. The molecule has 1 atom stereocenters. The summed E-state index contributed by atoms with van der Waals surface area (Å²) in [5.74, 6) is 0. The Morgan fingerprint density at radius 3 is 2.55 bits per heavy atom. The molecular weight excluding hydrogens is 330 g/mol. The molecular formula is C17H28BrNS. The third-order valence-corrected chi connectivity index (χ3v) is 6.95. The maximum absolute atomic E-state index is 3.82. The van der Waals surface area contributed by atoms with E-state index < -0.39 is 0 Å². The molecule has 1 saturated carbocycles. The molecule has 3 heteroatoms. The first-order chi connectivity index (χ1) is 9.65. The van der Waals surface area contributed by atoms with Crippen molar-refractivity contribution in [2.45, 2.75) is 57.9 Å². The molecule has 1 fully saturated rings. The van der Waals surface area contributed by atoms with Crippen molar-refractivity contribution in [3.8, 4) is 0 Å². The summed E-state index contributed by atoms with van der Waals surface area (Å²) in [6, 6.07) is 5.06. The molecule has 20 heavy (non-hydrogen) atoms. The number of halogens is 1. The Kier molecular flexibility index (Phi) is 6.57. The molecule has 0 saturated heterocycles. The molecule has 1 nitrogen and oxygen atoms in total. The molecule has 0 amide bonds. The van der Waals surface area contributed by atoms with E-state index in [1.54, 1.807) is 0 Å². The van der Waals surface area contributed by atoms with E-state index in [0.29, 0.717) is 11.5 Å². The van der Waals surface area contributed by atoms with Crippen LogP contribution in [0.4, 0.5) is 0 Å². The summed E-state index contributed by atoms with van der Waals surface area (Å²) in [4.78, 5) is 4.10. The van der Waals surface area contributed by atoms with E-state index in [9.17, 15) is 0 Å². The number of hydrogen-bond donors (Lipinski definition) is 0. The van der Waals surface area contributed by atoms with Crippen LogP contribution in [0.25, 0.3) is 0 Å². The zero-order valence-corrected chi connectivity index (χ0v) is 15.3. The van der Waals surface area contributed by atoms with E-state index in [1.165, 1.54) is 56.4 Å². The van der Waals surface area contributed by atoms with Crippen LogP contribution >= 0.6 is 27.3 Å². The Bertz CT molecular complexity index is 368. The quantitative estimate of drug-likeness (QED) is 0.490. The lowest BCUT2D eigenvalue weighted by molar-refractivity contribution is 0.143. The minimum Gasteiger partial charge on any atom is -0.303 e. The SMILES string of the molecule is CC(Cc1cccs1)N(C)CC1(CBr)CCCCCC1. The highest BCUT2D eigenvalue weighted by atomic mass is 79.9. The fourth-order valence-electron chi connectivity index (χ4n) is 3.37. The van der Waals surface area contributed by atoms with Crippen LogP contribution in [0.2, 0.25) is 0 Å². The van der Waals surface area contributed by atoms with E-state index in [2.05, 4.69) is 52.3 Å². The van der Waals surface area contributed by atoms with Gasteiger partial charge in [-0.25, -0.2) is 0 Å². The summed E-state index contributed by atoms with van der Waals surface area (Å²) < 4.78 is 0. The molecule has 1 unspecified atom stereocenters. The average molecular weight is 358 g/mol. The lowest BCUT2D eigenvalue weighted by Gasteiger charge is -2.37. The fourth-order valence-corrected chi connectivity index (χ4v) is 4.94. The number of alkyl halides is 1. The van der Waals surface area contributed by atoms with Crippen molar-refractivity contribution in [2.24, 2.45) is 5.41 Å². The molecule has 1 aliphatic carbocycles. The molecule has 0 aliphatic heterocycles. The first kappa shape index (κ1) is 16.5. The molecule has 114 valence electrons. The second-order valence-electron chi connectivity index (χ2n) is 6.60. The highest BCUT2D eigenvalue weighted by Gasteiger charge is 2.32. The van der Waals surface area contributed by atoms with Crippen LogP contribution in [0.5, 0.6) is 0 Å². The highest BCUT2D eigenvalue weighted by molar-refractivity contribution is 9.09. The second-order valence-corrected chi connectivity index (χ2v) is 8.19. The third-order valence-electron chi connectivity index (χ3n) is 4.86. The Morgan fingerprint density at radius 1 is 1.30 bits per heavy atom. The van der Waals surface area contributed by atoms with Gasteiger partial charge in [0.15, 0.2) is 0 Å². The van der Waals surface area contributed by atoms with Gasteiger partial charge in [0.2, 0.25) is 0 Å². The van der Waals surface area contributed by atoms with Crippen LogP contribution in [-0.4, -0.2) is 29.9 Å². The van der Waals surface area contributed by atoms with Crippen LogP contribution in [0.3, 0.4) is 0 Å². The first-order valence-corrected chi connectivity index (χ1v) is 9.94. The molecule has 1 aromatic rings. The summed E-state index contributed by atoms with van der Waals surface area (Å²) in [7, 11) is 2.31. The Hall–Kier alpha value is 0.140. The van der Waals surface area contributed by atoms with Crippen LogP contribution < -0.4 is 0 Å². The van der Waals surface area contributed by atoms with Crippen molar-refractivity contribution in [3.63, 3.8) is 0 Å². The maximum atomic E-state index is 3.82. The Morgan fingerprint density at radius 2 is 2.00 bits per heavy atom. The van der Waals surface area contributed by atoms with Gasteiger partial charge in [-0.1, -0.05) is 47.7 Å². The normalized spacial score (nSPS) is 20.8. The van der Waals surface area contributed by atoms with E-state index in [4.69, 9.17) is 0 Å². The summed E-state index contributed by atoms with van der Waals surface area (Å²) in [5.41, 5.74) is 0.509. The van der Waals surface area contributed by atoms with E-state index in [-0.39, 0.29) is 0 Å². The molecule has 0 N–H and O–H groups in total. The Labute approximate surface area is 136 Å². The summed E-state index contributed by atoms with van der Waals surface area (Å²) in [5, 5.41) is 3.35. The monoisotopic (exact) mass is 357 g/mol. The van der Waals surface area contributed by atoms with Crippen molar-refractivity contribution in [1.82, 2.24) is 4.90 Å². The van der Waals surface area contributed by atoms with Crippen molar-refractivity contribution >= 4 is 27.3 Å². The van der Waals surface area contributed by atoms with E-state index >= 15 is 0 Å². The van der Waals surface area contributed by atoms with Crippen LogP contribution in [-0.2, 0) is 6.42 Å². The zero-order valence-electron chi connectivity index (χ0n) is 12.9. The van der Waals surface area contributed by atoms with Gasteiger partial charge in [0.1, 0.15) is 0 Å². The lowest BCUT2D eigenvalue weighted by atomic mass is 9.81. The maximum Gasteiger partial charge on any atom is 0.0112 e. The largest absolute Gasteiger partial charge is 0.303 e. The molecule has 0 spiro atoms. The number of nitrogens with zero attached hydrogens (tertiary/aromatic N) is 1. The average Bonchev–Trinajstić information content (AvgIpc) is 2.84. The van der Waals surface area contributed by atoms with Gasteiger partial charge in [0.25, 0.3) is 0 Å². The molecule has 1 heterocycles. The van der Waals surface area contributed by atoms with Gasteiger partial charge in [0, 0.05) is 22.8 Å². The number of thiophene rings is 1. The standard InChI is InChI=1S/C17H28BrNS/c1-15(12-16-8-7-11-20-16)19(2)14-17(13-18)9-5-3-4-6-10-17/h7-8,11,15H,3-6,9-10,12-14H2,1-2H3. The fraction of sp³-hybridized carbons (Fsp3) is 0.765. The van der Waals surface area contributed by atoms with Gasteiger partial charge in [0.05, 0.1) is 0 Å². The van der Waals surface area contributed by atoms with Gasteiger partial charge < -0.3 is 4.90 Å². The molecule has 0 radical (unpaired) electrons. The summed E-state index contributed by atoms with van der Waals surface area (Å²) in [6.07, 6.45) is 9.68. The molecule has 0 aromatic carbocycles. The van der Waals surface area contributed by atoms with E-state index in [0.717, 1.165) is 5.33 Å².